The lowest BCUT2D eigenvalue weighted by molar-refractivity contribution is -0.137. The summed E-state index contributed by atoms with van der Waals surface area (Å²) in [6.07, 6.45) is -3.12. The van der Waals surface area contributed by atoms with Crippen molar-refractivity contribution in [3.63, 3.8) is 0 Å². The van der Waals surface area contributed by atoms with Gasteiger partial charge in [0.15, 0.2) is 0 Å². The highest BCUT2D eigenvalue weighted by Crippen LogP contribution is 2.31. The van der Waals surface area contributed by atoms with E-state index in [1.54, 1.807) is 23.2 Å². The van der Waals surface area contributed by atoms with E-state index in [0.717, 1.165) is 12.1 Å². The lowest BCUT2D eigenvalue weighted by Gasteiger charge is -2.33. The normalized spacial score (nSPS) is 18.9. The molecule has 0 aliphatic carbocycles. The summed E-state index contributed by atoms with van der Waals surface area (Å²) < 4.78 is 43.4. The maximum absolute atomic E-state index is 12.6. The van der Waals surface area contributed by atoms with Crippen LogP contribution >= 0.6 is 0 Å². The van der Waals surface area contributed by atoms with Gasteiger partial charge in [0.1, 0.15) is 11.8 Å². The van der Waals surface area contributed by atoms with Crippen LogP contribution in [0.15, 0.2) is 42.6 Å². The van der Waals surface area contributed by atoms with Crippen molar-refractivity contribution in [3.8, 4) is 0 Å². The molecular formula is C16H15F3N2O2. The summed E-state index contributed by atoms with van der Waals surface area (Å²) >= 11 is 0. The molecule has 23 heavy (non-hydrogen) atoms. The zero-order valence-corrected chi connectivity index (χ0v) is 12.1. The fraction of sp³-hybridized carbons (Fsp3) is 0.312. The molecule has 1 amide bonds. The minimum atomic E-state index is -4.36. The molecule has 1 atom stereocenters. The number of aromatic amines is 1. The predicted molar refractivity (Wildman–Crippen MR) is 76.8 cm³/mol. The number of benzene rings is 1. The molecule has 1 saturated heterocycles. The Morgan fingerprint density at radius 2 is 1.96 bits per heavy atom. The van der Waals surface area contributed by atoms with Crippen molar-refractivity contribution in [1.29, 1.82) is 0 Å². The van der Waals surface area contributed by atoms with Crippen molar-refractivity contribution in [1.82, 2.24) is 9.88 Å². The van der Waals surface area contributed by atoms with Crippen LogP contribution in [0.3, 0.4) is 0 Å². The lowest BCUT2D eigenvalue weighted by atomic mass is 10.0. The molecule has 1 aromatic heterocycles. The number of halogens is 3. The van der Waals surface area contributed by atoms with Gasteiger partial charge in [-0.05, 0) is 29.8 Å². The zero-order chi connectivity index (χ0) is 16.4. The maximum atomic E-state index is 12.6. The number of amides is 1. The van der Waals surface area contributed by atoms with Crippen molar-refractivity contribution in [2.45, 2.75) is 12.3 Å². The number of nitrogens with zero attached hydrogens (tertiary/aromatic N) is 1. The number of hydrogen-bond donors (Lipinski definition) is 1. The van der Waals surface area contributed by atoms with E-state index in [0.29, 0.717) is 31.0 Å². The zero-order valence-electron chi connectivity index (χ0n) is 12.1. The summed E-state index contributed by atoms with van der Waals surface area (Å²) in [4.78, 5) is 16.8. The van der Waals surface area contributed by atoms with E-state index >= 15 is 0 Å². The average molecular weight is 324 g/mol. The van der Waals surface area contributed by atoms with Gasteiger partial charge in [-0.2, -0.15) is 13.2 Å². The number of ether oxygens (including phenoxy) is 1. The topological polar surface area (TPSA) is 45.3 Å². The summed E-state index contributed by atoms with van der Waals surface area (Å²) in [5.41, 5.74) is 0.413. The van der Waals surface area contributed by atoms with E-state index in [2.05, 4.69) is 4.98 Å². The van der Waals surface area contributed by atoms with Crippen molar-refractivity contribution < 1.29 is 22.7 Å². The monoisotopic (exact) mass is 324 g/mol. The molecular weight excluding hydrogens is 309 g/mol. The minimum Gasteiger partial charge on any atom is -0.370 e. The Balaban J connectivity index is 1.72. The van der Waals surface area contributed by atoms with Crippen LogP contribution in [0.4, 0.5) is 13.2 Å². The Morgan fingerprint density at radius 3 is 2.57 bits per heavy atom. The number of alkyl halides is 3. The van der Waals surface area contributed by atoms with E-state index in [1.807, 2.05) is 0 Å². The largest absolute Gasteiger partial charge is 0.416 e. The Hall–Kier alpha value is -2.28. The van der Waals surface area contributed by atoms with Gasteiger partial charge in [0.2, 0.25) is 0 Å². The van der Waals surface area contributed by atoms with Crippen LogP contribution in [0.2, 0.25) is 0 Å². The third-order valence-electron chi connectivity index (χ3n) is 3.79. The Labute approximate surface area is 130 Å². The maximum Gasteiger partial charge on any atom is 0.416 e. The molecule has 0 radical (unpaired) electrons. The summed E-state index contributed by atoms with van der Waals surface area (Å²) in [6, 6.07) is 8.28. The van der Waals surface area contributed by atoms with Gasteiger partial charge < -0.3 is 14.6 Å². The van der Waals surface area contributed by atoms with Crippen molar-refractivity contribution in [2.24, 2.45) is 0 Å². The van der Waals surface area contributed by atoms with E-state index in [9.17, 15) is 18.0 Å². The van der Waals surface area contributed by atoms with Gasteiger partial charge in [-0.3, -0.25) is 4.79 Å². The molecule has 3 rings (SSSR count). The fourth-order valence-electron chi connectivity index (χ4n) is 2.56. The number of rotatable bonds is 2. The fourth-order valence-corrected chi connectivity index (χ4v) is 2.56. The Bertz CT molecular complexity index is 666. The summed E-state index contributed by atoms with van der Waals surface area (Å²) in [7, 11) is 0. The molecule has 4 nitrogen and oxygen atoms in total. The molecule has 1 fully saturated rings. The van der Waals surface area contributed by atoms with E-state index in [4.69, 9.17) is 4.74 Å². The predicted octanol–water partition coefficient (Wildman–Crippen LogP) is 3.25. The van der Waals surface area contributed by atoms with Crippen molar-refractivity contribution in [3.05, 3.63) is 59.4 Å². The summed E-state index contributed by atoms with van der Waals surface area (Å²) in [5.74, 6) is -0.143. The highest BCUT2D eigenvalue weighted by atomic mass is 19.4. The molecule has 1 aliphatic heterocycles. The number of aromatic nitrogens is 1. The smallest absolute Gasteiger partial charge is 0.370 e. The lowest BCUT2D eigenvalue weighted by Crippen LogP contribution is -2.42. The highest BCUT2D eigenvalue weighted by Gasteiger charge is 2.31. The first-order valence-electron chi connectivity index (χ1n) is 7.16. The van der Waals surface area contributed by atoms with Gasteiger partial charge >= 0.3 is 6.18 Å². The first kappa shape index (κ1) is 15.6. The quantitative estimate of drug-likeness (QED) is 0.922. The molecule has 0 unspecified atom stereocenters. The van der Waals surface area contributed by atoms with Crippen LogP contribution in [-0.2, 0) is 10.9 Å². The number of hydrogen-bond acceptors (Lipinski definition) is 2. The van der Waals surface area contributed by atoms with Crippen LogP contribution in [0.1, 0.15) is 27.7 Å². The third kappa shape index (κ3) is 3.39. The molecule has 0 spiro atoms. The SMILES string of the molecule is O=C(c1ccc[nH]1)N1CCO[C@@H](c2ccc(C(F)(F)F)cc2)C1. The van der Waals surface area contributed by atoms with Gasteiger partial charge in [0, 0.05) is 12.7 Å². The third-order valence-corrected chi connectivity index (χ3v) is 3.79. The van der Waals surface area contributed by atoms with Gasteiger partial charge in [0.05, 0.1) is 18.7 Å². The summed E-state index contributed by atoms with van der Waals surface area (Å²) in [6.45, 7) is 1.11. The van der Waals surface area contributed by atoms with Gasteiger partial charge in [0.25, 0.3) is 5.91 Å². The Morgan fingerprint density at radius 1 is 1.22 bits per heavy atom. The van der Waals surface area contributed by atoms with Crippen LogP contribution in [0, 0.1) is 0 Å². The second-order valence-electron chi connectivity index (χ2n) is 5.31. The molecule has 1 aliphatic rings. The second-order valence-corrected chi connectivity index (χ2v) is 5.31. The average Bonchev–Trinajstić information content (AvgIpc) is 3.08. The minimum absolute atomic E-state index is 0.143. The van der Waals surface area contributed by atoms with Gasteiger partial charge in [-0.15, -0.1) is 0 Å². The second kappa shape index (κ2) is 6.08. The van der Waals surface area contributed by atoms with E-state index in [-0.39, 0.29) is 5.91 Å². The van der Waals surface area contributed by atoms with Crippen LogP contribution < -0.4 is 0 Å². The summed E-state index contributed by atoms with van der Waals surface area (Å²) in [5, 5.41) is 0. The van der Waals surface area contributed by atoms with Gasteiger partial charge in [-0.25, -0.2) is 0 Å². The van der Waals surface area contributed by atoms with Crippen molar-refractivity contribution in [2.75, 3.05) is 19.7 Å². The number of carbonyl (C=O) groups is 1. The number of nitrogens with one attached hydrogen (secondary N) is 1. The molecule has 0 bridgehead atoms. The molecule has 1 aromatic carbocycles. The van der Waals surface area contributed by atoms with E-state index in [1.165, 1.54) is 12.1 Å². The molecule has 0 saturated carbocycles. The molecule has 1 N–H and O–H groups in total. The number of H-pyrrole nitrogens is 1. The number of morpholine rings is 1. The van der Waals surface area contributed by atoms with Crippen LogP contribution in [0.5, 0.6) is 0 Å². The van der Waals surface area contributed by atoms with Crippen LogP contribution in [0.25, 0.3) is 0 Å². The molecule has 122 valence electrons. The molecule has 2 aromatic rings. The number of carbonyl (C=O) groups excluding carboxylic acids is 1. The van der Waals surface area contributed by atoms with Crippen molar-refractivity contribution >= 4 is 5.91 Å². The highest BCUT2D eigenvalue weighted by molar-refractivity contribution is 5.92. The standard InChI is InChI=1S/C16H15F3N2O2/c17-16(18,19)12-5-3-11(4-6-12)14-10-21(8-9-23-14)15(22)13-2-1-7-20-13/h1-7,14,20H,8-10H2/t14-/m1/s1. The Kier molecular flexibility index (Phi) is 4.12. The molecule has 2 heterocycles. The van der Waals surface area contributed by atoms with Crippen LogP contribution in [-0.4, -0.2) is 35.5 Å². The van der Waals surface area contributed by atoms with E-state index < -0.39 is 17.8 Å². The van der Waals surface area contributed by atoms with Gasteiger partial charge in [-0.1, -0.05) is 12.1 Å². The first-order valence-corrected chi connectivity index (χ1v) is 7.16. The molecule has 7 heteroatoms. The first-order chi connectivity index (χ1) is 10.9.